The summed E-state index contributed by atoms with van der Waals surface area (Å²) in [4.78, 5) is 0. The van der Waals surface area contributed by atoms with Crippen molar-refractivity contribution < 1.29 is 4.21 Å². The zero-order chi connectivity index (χ0) is 11.3. The van der Waals surface area contributed by atoms with Crippen LogP contribution in [0.5, 0.6) is 0 Å². The lowest BCUT2D eigenvalue weighted by molar-refractivity contribution is 0.261. The zero-order valence-corrected chi connectivity index (χ0v) is 11.1. The van der Waals surface area contributed by atoms with E-state index in [1.165, 1.54) is 25.7 Å². The maximum absolute atomic E-state index is 11.0. The lowest BCUT2D eigenvalue weighted by atomic mass is 9.85. The summed E-state index contributed by atoms with van der Waals surface area (Å²) in [5, 5.41) is 3.69. The highest BCUT2D eigenvalue weighted by Crippen LogP contribution is 2.24. The molecular weight excluding hydrogens is 206 g/mol. The molecule has 1 fully saturated rings. The van der Waals surface area contributed by atoms with E-state index in [-0.39, 0.29) is 0 Å². The highest BCUT2D eigenvalue weighted by Gasteiger charge is 2.22. The van der Waals surface area contributed by atoms with E-state index in [1.54, 1.807) is 6.26 Å². The maximum Gasteiger partial charge on any atom is 0.0246 e. The fourth-order valence-corrected chi connectivity index (χ4v) is 3.04. The normalized spacial score (nSPS) is 31.1. The molecule has 15 heavy (non-hydrogen) atoms. The van der Waals surface area contributed by atoms with Crippen molar-refractivity contribution in [2.24, 2.45) is 5.92 Å². The Morgan fingerprint density at radius 3 is 2.67 bits per heavy atom. The van der Waals surface area contributed by atoms with Gasteiger partial charge >= 0.3 is 0 Å². The van der Waals surface area contributed by atoms with Gasteiger partial charge in [-0.2, -0.15) is 0 Å². The molecule has 1 N–H and O–H groups in total. The van der Waals surface area contributed by atoms with Crippen LogP contribution in [0.2, 0.25) is 0 Å². The summed E-state index contributed by atoms with van der Waals surface area (Å²) in [5.74, 6) is 1.64. The van der Waals surface area contributed by atoms with Crippen molar-refractivity contribution in [2.45, 2.75) is 58.0 Å². The molecule has 0 spiro atoms. The van der Waals surface area contributed by atoms with Crippen LogP contribution in [0.25, 0.3) is 0 Å². The maximum atomic E-state index is 11.0. The van der Waals surface area contributed by atoms with Crippen molar-refractivity contribution in [3.63, 3.8) is 0 Å². The highest BCUT2D eigenvalue weighted by molar-refractivity contribution is 7.84. The van der Waals surface area contributed by atoms with Gasteiger partial charge < -0.3 is 5.32 Å². The third-order valence-electron chi connectivity index (χ3n) is 3.45. The molecule has 0 radical (unpaired) electrons. The van der Waals surface area contributed by atoms with Crippen molar-refractivity contribution in [1.29, 1.82) is 0 Å². The first kappa shape index (κ1) is 13.2. The van der Waals surface area contributed by atoms with Crippen LogP contribution in [-0.4, -0.2) is 28.3 Å². The summed E-state index contributed by atoms with van der Waals surface area (Å²) >= 11 is 0. The molecule has 0 saturated heterocycles. The number of hydrogen-bond acceptors (Lipinski definition) is 2. The Morgan fingerprint density at radius 2 is 2.07 bits per heavy atom. The molecule has 0 aromatic carbocycles. The summed E-state index contributed by atoms with van der Waals surface area (Å²) in [5.41, 5.74) is 0. The first-order valence-electron chi connectivity index (χ1n) is 6.15. The monoisotopic (exact) mass is 231 g/mol. The van der Waals surface area contributed by atoms with Crippen LogP contribution in [0.3, 0.4) is 0 Å². The van der Waals surface area contributed by atoms with E-state index in [2.05, 4.69) is 19.2 Å². The van der Waals surface area contributed by atoms with Gasteiger partial charge in [0.2, 0.25) is 0 Å². The Labute approximate surface area is 96.7 Å². The minimum absolute atomic E-state index is 0.513. The summed E-state index contributed by atoms with van der Waals surface area (Å²) in [6.07, 6.45) is 8.27. The molecule has 0 amide bonds. The van der Waals surface area contributed by atoms with E-state index in [0.29, 0.717) is 12.1 Å². The van der Waals surface area contributed by atoms with Crippen LogP contribution in [0.15, 0.2) is 0 Å². The van der Waals surface area contributed by atoms with Crippen molar-refractivity contribution in [3.8, 4) is 0 Å². The van der Waals surface area contributed by atoms with E-state index >= 15 is 0 Å². The highest BCUT2D eigenvalue weighted by atomic mass is 32.2. The number of nitrogens with one attached hydrogen (secondary N) is 1. The molecule has 1 rings (SSSR count). The van der Waals surface area contributed by atoms with Crippen LogP contribution in [0.4, 0.5) is 0 Å². The smallest absolute Gasteiger partial charge is 0.0246 e. The predicted molar refractivity (Wildman–Crippen MR) is 67.6 cm³/mol. The second-order valence-electron chi connectivity index (χ2n) is 5.00. The molecule has 2 nitrogen and oxygen atoms in total. The Morgan fingerprint density at radius 1 is 1.40 bits per heavy atom. The van der Waals surface area contributed by atoms with Gasteiger partial charge in [-0.3, -0.25) is 4.21 Å². The molecule has 1 saturated carbocycles. The van der Waals surface area contributed by atoms with Gasteiger partial charge in [-0.15, -0.1) is 0 Å². The molecule has 1 aliphatic rings. The van der Waals surface area contributed by atoms with Crippen molar-refractivity contribution >= 4 is 10.8 Å². The minimum atomic E-state index is -0.641. The summed E-state index contributed by atoms with van der Waals surface area (Å²) in [6.45, 7) is 4.57. The molecule has 4 unspecified atom stereocenters. The van der Waals surface area contributed by atoms with Crippen LogP contribution in [0, 0.1) is 5.92 Å². The molecule has 0 aromatic heterocycles. The molecule has 0 bridgehead atoms. The van der Waals surface area contributed by atoms with Crippen LogP contribution in [-0.2, 0) is 10.8 Å². The molecular formula is C12H25NOS. The topological polar surface area (TPSA) is 29.1 Å². The number of hydrogen-bond donors (Lipinski definition) is 1. The van der Waals surface area contributed by atoms with Gasteiger partial charge in [0.25, 0.3) is 0 Å². The lowest BCUT2D eigenvalue weighted by Gasteiger charge is -2.32. The van der Waals surface area contributed by atoms with E-state index in [0.717, 1.165) is 18.1 Å². The standard InChI is InChI=1S/C12H25NOS/c1-10-6-4-5-7-12(10)13-11(2)8-9-15(3)14/h10-13H,4-9H2,1-3H3. The van der Waals surface area contributed by atoms with Crippen molar-refractivity contribution in [1.82, 2.24) is 5.32 Å². The molecule has 0 aromatic rings. The van der Waals surface area contributed by atoms with Crippen LogP contribution < -0.4 is 5.32 Å². The van der Waals surface area contributed by atoms with Gasteiger partial charge in [0, 0.05) is 34.9 Å². The van der Waals surface area contributed by atoms with Gasteiger partial charge in [-0.1, -0.05) is 19.8 Å². The third kappa shape index (κ3) is 5.12. The average Bonchev–Trinajstić information content (AvgIpc) is 2.18. The van der Waals surface area contributed by atoms with Gasteiger partial charge in [0.15, 0.2) is 0 Å². The first-order valence-corrected chi connectivity index (χ1v) is 7.88. The second-order valence-corrected chi connectivity index (χ2v) is 6.56. The van der Waals surface area contributed by atoms with Gasteiger partial charge in [0.1, 0.15) is 0 Å². The first-order chi connectivity index (χ1) is 7.09. The Hall–Kier alpha value is 0.110. The molecule has 0 heterocycles. The zero-order valence-electron chi connectivity index (χ0n) is 10.3. The van der Waals surface area contributed by atoms with Crippen LogP contribution >= 0.6 is 0 Å². The fourth-order valence-electron chi connectivity index (χ4n) is 2.36. The van der Waals surface area contributed by atoms with E-state index in [1.807, 2.05) is 0 Å². The molecule has 4 atom stereocenters. The third-order valence-corrected chi connectivity index (χ3v) is 4.26. The second kappa shape index (κ2) is 6.64. The minimum Gasteiger partial charge on any atom is -0.311 e. The predicted octanol–water partition coefficient (Wildman–Crippen LogP) is 2.31. The SMILES string of the molecule is CC(CCS(C)=O)NC1CCCCC1C. The summed E-state index contributed by atoms with van der Waals surface area (Å²) in [7, 11) is -0.641. The van der Waals surface area contributed by atoms with Crippen molar-refractivity contribution in [3.05, 3.63) is 0 Å². The summed E-state index contributed by atoms with van der Waals surface area (Å²) < 4.78 is 11.0. The van der Waals surface area contributed by atoms with Gasteiger partial charge in [-0.05, 0) is 32.1 Å². The average molecular weight is 231 g/mol. The Kier molecular flexibility index (Phi) is 5.83. The molecule has 1 aliphatic carbocycles. The van der Waals surface area contributed by atoms with E-state index < -0.39 is 10.8 Å². The largest absolute Gasteiger partial charge is 0.311 e. The quantitative estimate of drug-likeness (QED) is 0.787. The number of rotatable bonds is 5. The van der Waals surface area contributed by atoms with Gasteiger partial charge in [0.05, 0.1) is 0 Å². The van der Waals surface area contributed by atoms with Gasteiger partial charge in [-0.25, -0.2) is 0 Å². The van der Waals surface area contributed by atoms with E-state index in [9.17, 15) is 4.21 Å². The molecule has 90 valence electrons. The summed E-state index contributed by atoms with van der Waals surface area (Å²) in [6, 6.07) is 1.21. The van der Waals surface area contributed by atoms with Crippen LogP contribution in [0.1, 0.15) is 46.0 Å². The molecule has 0 aliphatic heterocycles. The Balaban J connectivity index is 2.23. The lowest BCUT2D eigenvalue weighted by Crippen LogP contribution is -2.42. The Bertz CT molecular complexity index is 208. The van der Waals surface area contributed by atoms with Crippen molar-refractivity contribution in [2.75, 3.05) is 12.0 Å². The fraction of sp³-hybridized carbons (Fsp3) is 1.00. The molecule has 3 heteroatoms. The van der Waals surface area contributed by atoms with E-state index in [4.69, 9.17) is 0 Å².